The van der Waals surface area contributed by atoms with Crippen molar-refractivity contribution in [3.63, 3.8) is 0 Å². The first kappa shape index (κ1) is 19.2. The van der Waals surface area contributed by atoms with Crippen LogP contribution in [0, 0.1) is 5.82 Å². The summed E-state index contributed by atoms with van der Waals surface area (Å²) in [5.74, 6) is -0.293. The van der Waals surface area contributed by atoms with Crippen LogP contribution in [0.25, 0.3) is 12.2 Å². The molecule has 1 unspecified atom stereocenters. The van der Waals surface area contributed by atoms with Gasteiger partial charge in [-0.3, -0.25) is 0 Å². The summed E-state index contributed by atoms with van der Waals surface area (Å²) in [6.45, 7) is 0. The van der Waals surface area contributed by atoms with Crippen LogP contribution in [0.1, 0.15) is 11.1 Å². The highest BCUT2D eigenvalue weighted by atomic mass is 32.2. The van der Waals surface area contributed by atoms with Gasteiger partial charge in [0.15, 0.2) is 0 Å². The summed E-state index contributed by atoms with van der Waals surface area (Å²) in [5.41, 5.74) is 1.71. The van der Waals surface area contributed by atoms with E-state index in [1.807, 2.05) is 12.2 Å². The van der Waals surface area contributed by atoms with Gasteiger partial charge in [0, 0.05) is 4.90 Å². The molecule has 138 valence electrons. The second-order valence-electron chi connectivity index (χ2n) is 5.71. The lowest BCUT2D eigenvalue weighted by molar-refractivity contribution is 0.595. The Labute approximate surface area is 159 Å². The minimum atomic E-state index is -3.97. The predicted octanol–water partition coefficient (Wildman–Crippen LogP) is 3.81. The highest BCUT2D eigenvalue weighted by Crippen LogP contribution is 2.23. The second-order valence-corrected chi connectivity index (χ2v) is 8.69. The maximum absolute atomic E-state index is 12.9. The van der Waals surface area contributed by atoms with E-state index in [1.165, 1.54) is 30.3 Å². The zero-order valence-corrected chi connectivity index (χ0v) is 15.7. The maximum atomic E-state index is 12.9. The van der Waals surface area contributed by atoms with Crippen molar-refractivity contribution in [3.8, 4) is 0 Å². The average Bonchev–Trinajstić information content (AvgIpc) is 2.67. The quantitative estimate of drug-likeness (QED) is 0.661. The van der Waals surface area contributed by atoms with E-state index < -0.39 is 20.8 Å². The van der Waals surface area contributed by atoms with Gasteiger partial charge in [-0.15, -0.1) is 0 Å². The third-order valence-electron chi connectivity index (χ3n) is 3.79. The third-order valence-corrected chi connectivity index (χ3v) is 6.34. The molecule has 0 aliphatic rings. The largest absolute Gasteiger partial charge is 0.249 e. The summed E-state index contributed by atoms with van der Waals surface area (Å²) in [4.78, 5) is 0.461. The summed E-state index contributed by atoms with van der Waals surface area (Å²) >= 11 is 0. The van der Waals surface area contributed by atoms with E-state index in [4.69, 9.17) is 5.14 Å². The molecule has 27 heavy (non-hydrogen) atoms. The molecule has 2 N–H and O–H groups in total. The molecule has 0 spiro atoms. The summed E-state index contributed by atoms with van der Waals surface area (Å²) < 4.78 is 49.1. The molecule has 0 saturated heterocycles. The van der Waals surface area contributed by atoms with E-state index in [9.17, 15) is 17.0 Å². The van der Waals surface area contributed by atoms with Crippen molar-refractivity contribution in [3.05, 3.63) is 89.7 Å². The highest BCUT2D eigenvalue weighted by Gasteiger charge is 2.18. The Morgan fingerprint density at radius 2 is 1.33 bits per heavy atom. The Morgan fingerprint density at radius 1 is 0.815 bits per heavy atom. The highest BCUT2D eigenvalue weighted by molar-refractivity contribution is 7.90. The molecule has 0 saturated carbocycles. The number of halogens is 1. The lowest BCUT2D eigenvalue weighted by Gasteiger charge is -2.07. The Balaban J connectivity index is 1.84. The van der Waals surface area contributed by atoms with Crippen molar-refractivity contribution in [2.24, 2.45) is 5.14 Å². The summed E-state index contributed by atoms with van der Waals surface area (Å²) in [7, 11) is -5.65. The zero-order valence-electron chi connectivity index (χ0n) is 14.1. The summed E-state index contributed by atoms with van der Waals surface area (Å²) in [6, 6.07) is 18.9. The van der Waals surface area contributed by atoms with Crippen molar-refractivity contribution >= 4 is 33.0 Å². The van der Waals surface area contributed by atoms with Crippen molar-refractivity contribution in [1.82, 2.24) is 0 Å². The molecule has 0 heterocycles. The molecule has 7 heteroatoms. The first-order valence-electron chi connectivity index (χ1n) is 7.92. The van der Waals surface area contributed by atoms with Crippen molar-refractivity contribution in [2.45, 2.75) is 14.7 Å². The molecule has 0 aromatic heterocycles. The fraction of sp³-hybridized carbons (Fsp3) is 0. The van der Waals surface area contributed by atoms with E-state index in [1.54, 1.807) is 42.5 Å². The minimum Gasteiger partial charge on any atom is -0.249 e. The van der Waals surface area contributed by atoms with E-state index in [0.717, 1.165) is 11.1 Å². The molecule has 3 aromatic rings. The van der Waals surface area contributed by atoms with Gasteiger partial charge in [-0.05, 0) is 47.5 Å². The van der Waals surface area contributed by atoms with Crippen LogP contribution in [0.15, 0.2) is 87.5 Å². The SMILES string of the molecule is NS(=O)(=O)c1ccccc1S(=O)c1ccc(/C=C/c2ccc(F)cc2)cc1. The topological polar surface area (TPSA) is 77.2 Å². The van der Waals surface area contributed by atoms with Crippen LogP contribution in [0.5, 0.6) is 0 Å². The van der Waals surface area contributed by atoms with Gasteiger partial charge in [-0.25, -0.2) is 22.2 Å². The van der Waals surface area contributed by atoms with Gasteiger partial charge >= 0.3 is 0 Å². The number of sulfonamides is 1. The van der Waals surface area contributed by atoms with Gasteiger partial charge in [0.25, 0.3) is 0 Å². The summed E-state index contributed by atoms with van der Waals surface area (Å²) in [5, 5.41) is 5.21. The number of nitrogens with two attached hydrogens (primary N) is 1. The number of primary sulfonamides is 1. The molecule has 3 aromatic carbocycles. The van der Waals surface area contributed by atoms with E-state index in [0.29, 0.717) is 4.90 Å². The Bertz CT molecular complexity index is 1110. The number of hydrogen-bond donors (Lipinski definition) is 1. The monoisotopic (exact) mass is 401 g/mol. The van der Waals surface area contributed by atoms with Gasteiger partial charge in [0.05, 0.1) is 20.6 Å². The van der Waals surface area contributed by atoms with Crippen molar-refractivity contribution in [1.29, 1.82) is 0 Å². The van der Waals surface area contributed by atoms with Crippen molar-refractivity contribution < 1.29 is 17.0 Å². The first-order valence-corrected chi connectivity index (χ1v) is 10.6. The molecule has 4 nitrogen and oxygen atoms in total. The fourth-order valence-corrected chi connectivity index (χ4v) is 4.72. The molecule has 3 rings (SSSR count). The van der Waals surface area contributed by atoms with E-state index in [-0.39, 0.29) is 15.6 Å². The van der Waals surface area contributed by atoms with Gasteiger partial charge in [-0.1, -0.05) is 48.6 Å². The van der Waals surface area contributed by atoms with Crippen LogP contribution < -0.4 is 5.14 Å². The predicted molar refractivity (Wildman–Crippen MR) is 104 cm³/mol. The third kappa shape index (κ3) is 4.77. The first-order chi connectivity index (χ1) is 12.8. The van der Waals surface area contributed by atoms with Gasteiger partial charge in [0.2, 0.25) is 10.0 Å². The summed E-state index contributed by atoms with van der Waals surface area (Å²) in [6.07, 6.45) is 3.68. The standard InChI is InChI=1S/C20H16FNO3S2/c21-17-11-7-15(8-12-17)5-6-16-9-13-18(14-10-16)26(23)19-3-1-2-4-20(19)27(22,24)25/h1-14H,(H2,22,24,25)/b6-5+. The number of rotatable bonds is 5. The van der Waals surface area contributed by atoms with Gasteiger partial charge in [0.1, 0.15) is 5.82 Å². The van der Waals surface area contributed by atoms with Gasteiger partial charge in [-0.2, -0.15) is 0 Å². The van der Waals surface area contributed by atoms with Crippen LogP contribution in [-0.2, 0) is 20.8 Å². The fourth-order valence-electron chi connectivity index (χ4n) is 2.43. The second kappa shape index (κ2) is 7.96. The molecular formula is C20H16FNO3S2. The minimum absolute atomic E-state index is 0.148. The van der Waals surface area contributed by atoms with Crippen LogP contribution in [0.3, 0.4) is 0 Å². The van der Waals surface area contributed by atoms with Crippen LogP contribution in [0.4, 0.5) is 4.39 Å². The van der Waals surface area contributed by atoms with Crippen LogP contribution in [-0.4, -0.2) is 12.6 Å². The normalized spacial score (nSPS) is 13.0. The van der Waals surface area contributed by atoms with E-state index >= 15 is 0 Å². The number of hydrogen-bond acceptors (Lipinski definition) is 3. The number of benzene rings is 3. The molecule has 0 aliphatic heterocycles. The molecule has 0 bridgehead atoms. The molecule has 0 radical (unpaired) electrons. The smallest absolute Gasteiger partial charge is 0.239 e. The lowest BCUT2D eigenvalue weighted by atomic mass is 10.1. The molecule has 0 amide bonds. The zero-order chi connectivity index (χ0) is 19.4. The lowest BCUT2D eigenvalue weighted by Crippen LogP contribution is -2.15. The van der Waals surface area contributed by atoms with Gasteiger partial charge < -0.3 is 0 Å². The Kier molecular flexibility index (Phi) is 5.65. The average molecular weight is 401 g/mol. The van der Waals surface area contributed by atoms with E-state index in [2.05, 4.69) is 0 Å². The molecular weight excluding hydrogens is 385 g/mol. The van der Waals surface area contributed by atoms with Crippen LogP contribution >= 0.6 is 0 Å². The molecule has 0 aliphatic carbocycles. The Morgan fingerprint density at radius 3 is 1.89 bits per heavy atom. The van der Waals surface area contributed by atoms with Crippen LogP contribution in [0.2, 0.25) is 0 Å². The maximum Gasteiger partial charge on any atom is 0.239 e. The molecule has 0 fully saturated rings. The Hall–Kier alpha value is -2.61. The van der Waals surface area contributed by atoms with Crippen molar-refractivity contribution in [2.75, 3.05) is 0 Å². The molecule has 1 atom stereocenters.